The molecule has 2 aromatic carbocycles. The normalized spacial score (nSPS) is 24.3. The van der Waals surface area contributed by atoms with Gasteiger partial charge in [0, 0.05) is 41.3 Å². The van der Waals surface area contributed by atoms with Gasteiger partial charge in [-0.25, -0.2) is 26.5 Å². The third-order valence-corrected chi connectivity index (χ3v) is 8.95. The fourth-order valence-corrected chi connectivity index (χ4v) is 6.70. The van der Waals surface area contributed by atoms with Crippen molar-refractivity contribution in [2.45, 2.75) is 55.1 Å². The van der Waals surface area contributed by atoms with Crippen molar-refractivity contribution in [3.8, 4) is 0 Å². The summed E-state index contributed by atoms with van der Waals surface area (Å²) in [6.07, 6.45) is 3.96. The second-order valence-corrected chi connectivity index (χ2v) is 11.6. The van der Waals surface area contributed by atoms with E-state index in [2.05, 4.69) is 27.4 Å². The van der Waals surface area contributed by atoms with Gasteiger partial charge in [0.15, 0.2) is 11.6 Å². The highest BCUT2D eigenvalue weighted by atomic mass is 32.2. The standard InChI is InChI=1S/C26H31F4N3OS/c1-16(15-32-35(3,34)22-8-4-19(27)5-9-22)33-20-6-7-21(33)11-18(10-20)26(31-2)13-17-12-24(29)25(30)14-23(17)28/h4-5,8-9,12,14,18,20-21,26,31H,1,3,6-7,10-11,13,15H2,2H3,(H,32,34). The van der Waals surface area contributed by atoms with Crippen molar-refractivity contribution in [3.05, 3.63) is 77.5 Å². The van der Waals surface area contributed by atoms with Crippen molar-refractivity contribution in [1.82, 2.24) is 14.9 Å². The Labute approximate surface area is 204 Å². The van der Waals surface area contributed by atoms with E-state index in [1.54, 1.807) is 7.05 Å². The molecule has 4 atom stereocenters. The van der Waals surface area contributed by atoms with Crippen molar-refractivity contribution in [2.75, 3.05) is 13.6 Å². The van der Waals surface area contributed by atoms with E-state index < -0.39 is 33.0 Å². The molecule has 4 rings (SSSR count). The van der Waals surface area contributed by atoms with Crippen molar-refractivity contribution in [1.29, 1.82) is 0 Å². The molecule has 0 radical (unpaired) electrons. The number of nitrogens with zero attached hydrogens (tertiary/aromatic N) is 1. The van der Waals surface area contributed by atoms with Gasteiger partial charge in [-0.05, 0) is 86.8 Å². The Morgan fingerprint density at radius 2 is 1.66 bits per heavy atom. The number of fused-ring (bicyclic) bond motifs is 2. The molecule has 2 fully saturated rings. The minimum Gasteiger partial charge on any atom is -0.368 e. The summed E-state index contributed by atoms with van der Waals surface area (Å²) in [5, 5.41) is 3.25. The van der Waals surface area contributed by atoms with Crippen LogP contribution < -0.4 is 10.0 Å². The summed E-state index contributed by atoms with van der Waals surface area (Å²) < 4.78 is 70.4. The monoisotopic (exact) mass is 509 g/mol. The molecular formula is C26H31F4N3OS. The Kier molecular flexibility index (Phi) is 7.59. The van der Waals surface area contributed by atoms with E-state index >= 15 is 0 Å². The first-order valence-corrected chi connectivity index (χ1v) is 13.5. The van der Waals surface area contributed by atoms with Crippen molar-refractivity contribution >= 4 is 15.6 Å². The number of benzene rings is 2. The number of nitrogens with one attached hydrogen (secondary N) is 2. The molecule has 0 aromatic heterocycles. The number of rotatable bonds is 9. The molecule has 190 valence electrons. The van der Waals surface area contributed by atoms with Gasteiger partial charge in [0.25, 0.3) is 0 Å². The molecule has 2 heterocycles. The predicted octanol–water partition coefficient (Wildman–Crippen LogP) is 4.41. The Morgan fingerprint density at radius 1 is 1.06 bits per heavy atom. The lowest BCUT2D eigenvalue weighted by Gasteiger charge is -2.44. The number of piperidine rings is 1. The van der Waals surface area contributed by atoms with E-state index in [0.717, 1.165) is 37.4 Å². The topological polar surface area (TPSA) is 44.4 Å². The zero-order chi connectivity index (χ0) is 25.3. The summed E-state index contributed by atoms with van der Waals surface area (Å²) >= 11 is 0. The Hall–Kier alpha value is -2.36. The average molecular weight is 510 g/mol. The van der Waals surface area contributed by atoms with Gasteiger partial charge in [0.1, 0.15) is 11.6 Å². The molecule has 9 heteroatoms. The summed E-state index contributed by atoms with van der Waals surface area (Å²) in [5.74, 6) is 0.661. The number of hydrogen-bond acceptors (Lipinski definition) is 3. The maximum Gasteiger partial charge on any atom is 0.161 e. The van der Waals surface area contributed by atoms with Gasteiger partial charge in [-0.2, -0.15) is 0 Å². The zero-order valence-corrected chi connectivity index (χ0v) is 20.5. The maximum atomic E-state index is 14.2. The molecule has 2 aliphatic heterocycles. The number of halogens is 4. The molecule has 4 unspecified atom stereocenters. The van der Waals surface area contributed by atoms with E-state index in [1.165, 1.54) is 24.3 Å². The van der Waals surface area contributed by atoms with Crippen LogP contribution in [0.4, 0.5) is 17.6 Å². The first-order valence-electron chi connectivity index (χ1n) is 11.7. The highest BCUT2D eigenvalue weighted by Gasteiger charge is 2.43. The summed E-state index contributed by atoms with van der Waals surface area (Å²) in [4.78, 5) is 2.71. The highest BCUT2D eigenvalue weighted by Crippen LogP contribution is 2.42. The minimum atomic E-state index is -2.81. The van der Waals surface area contributed by atoms with Crippen LogP contribution in [-0.4, -0.2) is 46.7 Å². The van der Waals surface area contributed by atoms with Gasteiger partial charge in [0.2, 0.25) is 0 Å². The summed E-state index contributed by atoms with van der Waals surface area (Å²) in [6.45, 7) is 4.51. The molecular weight excluding hydrogens is 478 g/mol. The van der Waals surface area contributed by atoms with Crippen LogP contribution in [0.3, 0.4) is 0 Å². The van der Waals surface area contributed by atoms with E-state index in [4.69, 9.17) is 0 Å². The van der Waals surface area contributed by atoms with Gasteiger partial charge in [0.05, 0.1) is 9.71 Å². The zero-order valence-electron chi connectivity index (χ0n) is 19.7. The van der Waals surface area contributed by atoms with Crippen LogP contribution in [0, 0.1) is 29.2 Å². The second kappa shape index (κ2) is 10.3. The molecule has 2 bridgehead atoms. The largest absolute Gasteiger partial charge is 0.368 e. The lowest BCUT2D eigenvalue weighted by atomic mass is 9.82. The lowest BCUT2D eigenvalue weighted by Crippen LogP contribution is -2.49. The third kappa shape index (κ3) is 5.57. The predicted molar refractivity (Wildman–Crippen MR) is 131 cm³/mol. The molecule has 2 aromatic rings. The summed E-state index contributed by atoms with van der Waals surface area (Å²) in [6, 6.07) is 7.39. The highest BCUT2D eigenvalue weighted by molar-refractivity contribution is 7.98. The van der Waals surface area contributed by atoms with Gasteiger partial charge < -0.3 is 10.2 Å². The smallest absolute Gasteiger partial charge is 0.161 e. The van der Waals surface area contributed by atoms with Gasteiger partial charge >= 0.3 is 0 Å². The van der Waals surface area contributed by atoms with Crippen LogP contribution in [0.1, 0.15) is 31.2 Å². The number of likely N-dealkylation sites (N-methyl/N-ethyl adjacent to an activating group) is 1. The SMILES string of the molecule is C=C(CNS(=C)(=O)c1ccc(F)cc1)N1C2CCC1CC(C(Cc1cc(F)c(F)cc1F)NC)C2. The van der Waals surface area contributed by atoms with Crippen molar-refractivity contribution < 1.29 is 21.8 Å². The third-order valence-electron chi connectivity index (χ3n) is 7.31. The van der Waals surface area contributed by atoms with Crippen LogP contribution in [-0.2, 0) is 16.1 Å². The summed E-state index contributed by atoms with van der Waals surface area (Å²) in [7, 11) is -1.00. The fraction of sp³-hybridized carbons (Fsp3) is 0.423. The Balaban J connectivity index is 1.39. The molecule has 4 nitrogen and oxygen atoms in total. The number of hydrogen-bond donors (Lipinski definition) is 2. The van der Waals surface area contributed by atoms with Crippen LogP contribution in [0.15, 0.2) is 53.6 Å². The molecule has 2 saturated heterocycles. The lowest BCUT2D eigenvalue weighted by molar-refractivity contribution is 0.119. The first kappa shape index (κ1) is 25.7. The van der Waals surface area contributed by atoms with E-state index in [1.807, 2.05) is 0 Å². The maximum absolute atomic E-state index is 14.2. The van der Waals surface area contributed by atoms with Gasteiger partial charge in [-0.3, -0.25) is 0 Å². The van der Waals surface area contributed by atoms with Crippen molar-refractivity contribution in [3.63, 3.8) is 0 Å². The summed E-state index contributed by atoms with van der Waals surface area (Å²) in [5.41, 5.74) is 0.986. The molecule has 0 saturated carbocycles. The fourth-order valence-electron chi connectivity index (χ4n) is 5.55. The average Bonchev–Trinajstić information content (AvgIpc) is 3.08. The molecule has 35 heavy (non-hydrogen) atoms. The molecule has 0 amide bonds. The minimum absolute atomic E-state index is 0.0805. The quantitative estimate of drug-likeness (QED) is 0.299. The molecule has 2 aliphatic rings. The van der Waals surface area contributed by atoms with Gasteiger partial charge in [-0.15, -0.1) is 0 Å². The van der Waals surface area contributed by atoms with Crippen LogP contribution in [0.2, 0.25) is 0 Å². The van der Waals surface area contributed by atoms with Crippen LogP contribution >= 0.6 is 0 Å². The van der Waals surface area contributed by atoms with Crippen LogP contribution in [0.5, 0.6) is 0 Å². The van der Waals surface area contributed by atoms with Gasteiger partial charge in [-0.1, -0.05) is 6.58 Å². The Morgan fingerprint density at radius 3 is 2.26 bits per heavy atom. The Bertz CT molecular complexity index is 1170. The molecule has 0 spiro atoms. The van der Waals surface area contributed by atoms with Crippen LogP contribution in [0.25, 0.3) is 0 Å². The van der Waals surface area contributed by atoms with E-state index in [-0.39, 0.29) is 42.6 Å². The molecule has 0 aliphatic carbocycles. The van der Waals surface area contributed by atoms with E-state index in [0.29, 0.717) is 11.0 Å². The molecule has 2 N–H and O–H groups in total. The second-order valence-electron chi connectivity index (χ2n) is 9.50. The van der Waals surface area contributed by atoms with Crippen molar-refractivity contribution in [2.24, 2.45) is 5.92 Å². The first-order chi connectivity index (χ1) is 16.6. The van der Waals surface area contributed by atoms with E-state index in [9.17, 15) is 21.8 Å².